The van der Waals surface area contributed by atoms with Crippen molar-refractivity contribution in [2.24, 2.45) is 0 Å². The molecule has 3 aromatic rings. The van der Waals surface area contributed by atoms with Crippen LogP contribution in [-0.4, -0.2) is 76.1 Å². The molecule has 2 aromatic carbocycles. The average molecular weight is 472 g/mol. The molecule has 0 radical (unpaired) electrons. The zero-order valence-corrected chi connectivity index (χ0v) is 18.9. The van der Waals surface area contributed by atoms with E-state index in [0.29, 0.717) is 44.9 Å². The molecule has 0 bridgehead atoms. The summed E-state index contributed by atoms with van der Waals surface area (Å²) in [6.45, 7) is 2.57. The molecule has 1 aromatic heterocycles. The van der Waals surface area contributed by atoms with Gasteiger partial charge in [0.15, 0.2) is 5.78 Å². The van der Waals surface area contributed by atoms with Crippen LogP contribution in [0.4, 0.5) is 0 Å². The normalized spacial score (nSPS) is 17.1. The lowest BCUT2D eigenvalue weighted by Crippen LogP contribution is -2.34. The highest BCUT2D eigenvalue weighted by molar-refractivity contribution is 6.19. The monoisotopic (exact) mass is 472 g/mol. The second-order valence-electron chi connectivity index (χ2n) is 8.90. The van der Waals surface area contributed by atoms with Gasteiger partial charge in [-0.25, -0.2) is 0 Å². The number of furan rings is 1. The second kappa shape index (κ2) is 9.36. The number of carbonyl (C=O) groups excluding carboxylic acids is 1. The lowest BCUT2D eigenvalue weighted by atomic mass is 9.71. The highest BCUT2D eigenvalue weighted by Gasteiger charge is 2.41. The largest absolute Gasteiger partial charge is 0.491 e. The minimum atomic E-state index is -1.31. The van der Waals surface area contributed by atoms with E-state index in [9.17, 15) is 20.1 Å². The Kier molecular flexibility index (Phi) is 6.66. The summed E-state index contributed by atoms with van der Waals surface area (Å²) in [5, 5.41) is 47.4. The first-order chi connectivity index (χ1) is 16.2. The molecule has 34 heavy (non-hydrogen) atoms. The van der Waals surface area contributed by atoms with Crippen LogP contribution in [-0.2, 0) is 5.41 Å². The number of aliphatic hydroxyl groups excluding tert-OH is 5. The quantitative estimate of drug-likeness (QED) is 0.309. The number of fused-ring (bicyclic) bond motifs is 4. The molecule has 2 unspecified atom stereocenters. The number of hydrogen-bond donors (Lipinski definition) is 5. The molecule has 1 heterocycles. The number of ketones is 1. The molecule has 0 saturated heterocycles. The summed E-state index contributed by atoms with van der Waals surface area (Å²) in [5.41, 5.74) is 1.46. The summed E-state index contributed by atoms with van der Waals surface area (Å²) in [7, 11) is 0. The predicted molar refractivity (Wildman–Crippen MR) is 121 cm³/mol. The minimum absolute atomic E-state index is 0.0783. The molecule has 9 heteroatoms. The third kappa shape index (κ3) is 4.28. The van der Waals surface area contributed by atoms with Gasteiger partial charge in [-0.2, -0.15) is 0 Å². The van der Waals surface area contributed by atoms with E-state index in [2.05, 4.69) is 0 Å². The molecular formula is C25H28O9. The van der Waals surface area contributed by atoms with Gasteiger partial charge in [0.05, 0.1) is 18.8 Å². The van der Waals surface area contributed by atoms with Crippen LogP contribution in [0.5, 0.6) is 11.5 Å². The zero-order valence-electron chi connectivity index (χ0n) is 18.9. The van der Waals surface area contributed by atoms with E-state index in [1.54, 1.807) is 36.4 Å². The van der Waals surface area contributed by atoms with Crippen molar-refractivity contribution in [1.29, 1.82) is 0 Å². The molecule has 4 rings (SSSR count). The van der Waals surface area contributed by atoms with Crippen LogP contribution < -0.4 is 9.47 Å². The van der Waals surface area contributed by atoms with Gasteiger partial charge in [-0.3, -0.25) is 4.79 Å². The van der Waals surface area contributed by atoms with Gasteiger partial charge in [0, 0.05) is 22.4 Å². The molecular weight excluding hydrogens is 444 g/mol. The lowest BCUT2D eigenvalue weighted by molar-refractivity contribution is -0.0339. The Morgan fingerprint density at radius 3 is 2.29 bits per heavy atom. The van der Waals surface area contributed by atoms with Gasteiger partial charge in [-0.1, -0.05) is 0 Å². The van der Waals surface area contributed by atoms with E-state index in [-0.39, 0.29) is 19.0 Å². The van der Waals surface area contributed by atoms with E-state index < -0.39 is 36.9 Å². The maximum Gasteiger partial charge on any atom is 0.197 e. The summed E-state index contributed by atoms with van der Waals surface area (Å²) in [5.74, 6) is 1.16. The third-order valence-electron chi connectivity index (χ3n) is 6.07. The van der Waals surface area contributed by atoms with Crippen LogP contribution in [0.2, 0.25) is 0 Å². The van der Waals surface area contributed by atoms with Crippen LogP contribution in [0.15, 0.2) is 40.8 Å². The van der Waals surface area contributed by atoms with E-state index >= 15 is 0 Å². The number of carbonyl (C=O) groups is 1. The predicted octanol–water partition coefficient (Wildman–Crippen LogP) is 1.13. The molecule has 0 saturated carbocycles. The van der Waals surface area contributed by atoms with Gasteiger partial charge in [0.2, 0.25) is 0 Å². The molecule has 1 aliphatic rings. The maximum atomic E-state index is 13.4. The summed E-state index contributed by atoms with van der Waals surface area (Å²) in [4.78, 5) is 13.4. The second-order valence-corrected chi connectivity index (χ2v) is 8.90. The molecule has 0 spiro atoms. The molecule has 9 nitrogen and oxygen atoms in total. The first-order valence-corrected chi connectivity index (χ1v) is 10.9. The average Bonchev–Trinajstić information content (AvgIpc) is 3.24. The number of aliphatic hydroxyl groups is 5. The molecule has 0 aliphatic heterocycles. The Labute approximate surface area is 195 Å². The van der Waals surface area contributed by atoms with Crippen molar-refractivity contribution in [3.8, 4) is 11.5 Å². The zero-order chi connectivity index (χ0) is 24.6. The Hall–Kier alpha value is -2.95. The highest BCUT2D eigenvalue weighted by Crippen LogP contribution is 2.46. The number of rotatable bonds is 9. The van der Waals surface area contributed by atoms with E-state index in [1.165, 1.54) is 0 Å². The van der Waals surface area contributed by atoms with Gasteiger partial charge in [-0.15, -0.1) is 0 Å². The summed E-state index contributed by atoms with van der Waals surface area (Å²) in [6, 6.07) is 10.1. The summed E-state index contributed by atoms with van der Waals surface area (Å²) in [6.07, 6.45) is -3.57. The molecule has 182 valence electrons. The van der Waals surface area contributed by atoms with Crippen molar-refractivity contribution in [2.45, 2.75) is 37.6 Å². The molecule has 0 fully saturated rings. The fourth-order valence-corrected chi connectivity index (χ4v) is 4.08. The lowest BCUT2D eigenvalue weighted by Gasteiger charge is -2.31. The van der Waals surface area contributed by atoms with Crippen molar-refractivity contribution < 1.29 is 44.2 Å². The smallest absolute Gasteiger partial charge is 0.197 e. The molecule has 0 amide bonds. The van der Waals surface area contributed by atoms with Crippen LogP contribution in [0.1, 0.15) is 41.1 Å². The first kappa shape index (κ1) is 24.2. The van der Waals surface area contributed by atoms with Gasteiger partial charge in [-0.05, 0) is 49.7 Å². The van der Waals surface area contributed by atoms with Crippen LogP contribution in [0.25, 0.3) is 11.0 Å². The third-order valence-corrected chi connectivity index (χ3v) is 6.07. The van der Waals surface area contributed by atoms with E-state index in [1.807, 2.05) is 13.8 Å². The summed E-state index contributed by atoms with van der Waals surface area (Å²) < 4.78 is 17.2. The van der Waals surface area contributed by atoms with Gasteiger partial charge in [0.25, 0.3) is 0 Å². The SMILES string of the molecule is CC1(C)c2cc(OCC(O)C(O)CO)ccc2C(=O)c2c1oc1cc(OC[C@H](O)CO)ccc21. The van der Waals surface area contributed by atoms with Gasteiger partial charge >= 0.3 is 0 Å². The topological polar surface area (TPSA) is 150 Å². The Bertz CT molecular complexity index is 1200. The van der Waals surface area contributed by atoms with Crippen molar-refractivity contribution in [3.63, 3.8) is 0 Å². The Morgan fingerprint density at radius 1 is 0.912 bits per heavy atom. The van der Waals surface area contributed by atoms with Crippen LogP contribution >= 0.6 is 0 Å². The van der Waals surface area contributed by atoms with Crippen LogP contribution in [0, 0.1) is 0 Å². The number of hydrogen-bond acceptors (Lipinski definition) is 9. The molecule has 3 atom stereocenters. The van der Waals surface area contributed by atoms with E-state index in [4.69, 9.17) is 24.1 Å². The summed E-state index contributed by atoms with van der Waals surface area (Å²) >= 11 is 0. The van der Waals surface area contributed by atoms with Gasteiger partial charge < -0.3 is 39.4 Å². The standard InChI is InChI=1S/C25H28O9/c1-25(2)18-7-14(33-12-20(30)19(29)10-27)3-5-16(18)23(31)22-17-6-4-15(32-11-13(28)9-26)8-21(17)34-24(22)25/h3-8,13,19-20,26-30H,9-12H2,1-2H3/t13-,19?,20?/m1/s1. The van der Waals surface area contributed by atoms with Crippen molar-refractivity contribution >= 4 is 16.8 Å². The fourth-order valence-electron chi connectivity index (χ4n) is 4.08. The van der Waals surface area contributed by atoms with E-state index in [0.717, 1.165) is 0 Å². The Balaban J connectivity index is 1.66. The van der Waals surface area contributed by atoms with Gasteiger partial charge in [0.1, 0.15) is 54.4 Å². The first-order valence-electron chi connectivity index (χ1n) is 10.9. The number of benzene rings is 2. The Morgan fingerprint density at radius 2 is 1.59 bits per heavy atom. The molecule has 1 aliphatic carbocycles. The van der Waals surface area contributed by atoms with Crippen LogP contribution in [0.3, 0.4) is 0 Å². The maximum absolute atomic E-state index is 13.4. The fraction of sp³-hybridized carbons (Fsp3) is 0.400. The van der Waals surface area contributed by atoms with Crippen molar-refractivity contribution in [2.75, 3.05) is 26.4 Å². The minimum Gasteiger partial charge on any atom is -0.491 e. The van der Waals surface area contributed by atoms with Crippen molar-refractivity contribution in [3.05, 3.63) is 58.8 Å². The highest BCUT2D eigenvalue weighted by atomic mass is 16.5. The molecule has 5 N–H and O–H groups in total. The van der Waals surface area contributed by atoms with Crippen molar-refractivity contribution in [1.82, 2.24) is 0 Å². The number of ether oxygens (including phenoxy) is 2.